The molecule has 1 rings (SSSR count). The number of hydrogen-bond acceptors (Lipinski definition) is 2. The van der Waals surface area contributed by atoms with Crippen molar-refractivity contribution in [3.05, 3.63) is 0 Å². The van der Waals surface area contributed by atoms with Gasteiger partial charge >= 0.3 is 0 Å². The highest BCUT2D eigenvalue weighted by atomic mass is 35.5. The van der Waals surface area contributed by atoms with Crippen molar-refractivity contribution in [3.63, 3.8) is 0 Å². The molecule has 2 unspecified atom stereocenters. The van der Waals surface area contributed by atoms with Crippen molar-refractivity contribution in [1.82, 2.24) is 0 Å². The normalized spacial score (nSPS) is 32.2. The molecule has 2 atom stereocenters. The second kappa shape index (κ2) is 4.96. The molecule has 66 valence electrons. The lowest BCUT2D eigenvalue weighted by Crippen LogP contribution is -2.32. The van der Waals surface area contributed by atoms with E-state index in [-0.39, 0.29) is 12.2 Å². The highest BCUT2D eigenvalue weighted by Gasteiger charge is 2.22. The Kier molecular flexibility index (Phi) is 4.20. The van der Waals surface area contributed by atoms with Crippen LogP contribution in [-0.2, 0) is 4.74 Å². The van der Waals surface area contributed by atoms with E-state index in [1.165, 1.54) is 6.42 Å². The van der Waals surface area contributed by atoms with E-state index in [4.69, 9.17) is 16.3 Å². The third-order valence-electron chi connectivity index (χ3n) is 2.08. The van der Waals surface area contributed by atoms with Gasteiger partial charge in [0.2, 0.25) is 0 Å². The number of ether oxygens (including phenoxy) is 1. The van der Waals surface area contributed by atoms with Crippen molar-refractivity contribution in [2.45, 2.75) is 37.9 Å². The third kappa shape index (κ3) is 2.97. The number of aliphatic hydroxyl groups is 1. The van der Waals surface area contributed by atoms with Crippen LogP contribution in [0.2, 0.25) is 0 Å². The van der Waals surface area contributed by atoms with Crippen LogP contribution in [0.15, 0.2) is 0 Å². The fraction of sp³-hybridized carbons (Fsp3) is 1.00. The summed E-state index contributed by atoms with van der Waals surface area (Å²) in [4.78, 5) is 0. The Morgan fingerprint density at radius 1 is 1.36 bits per heavy atom. The lowest BCUT2D eigenvalue weighted by molar-refractivity contribution is -0.0535. The minimum absolute atomic E-state index is 0.0440. The third-order valence-corrected chi connectivity index (χ3v) is 2.23. The van der Waals surface area contributed by atoms with Gasteiger partial charge in [-0.3, -0.25) is 0 Å². The number of hydrogen-bond donors (Lipinski definition) is 1. The standard InChI is InChI=1S/C8H15ClO2/c9-5-6-11-8-4-2-1-3-7(8)10/h7-8,10H,1-6H2. The van der Waals surface area contributed by atoms with Gasteiger partial charge in [0.1, 0.15) is 0 Å². The molecule has 11 heavy (non-hydrogen) atoms. The van der Waals surface area contributed by atoms with E-state index in [0.29, 0.717) is 12.5 Å². The quantitative estimate of drug-likeness (QED) is 0.665. The van der Waals surface area contributed by atoms with Gasteiger partial charge in [-0.1, -0.05) is 12.8 Å². The lowest BCUT2D eigenvalue weighted by Gasteiger charge is -2.27. The van der Waals surface area contributed by atoms with E-state index in [1.807, 2.05) is 0 Å². The molecule has 1 saturated carbocycles. The van der Waals surface area contributed by atoms with Crippen LogP contribution in [0.25, 0.3) is 0 Å². The van der Waals surface area contributed by atoms with E-state index in [1.54, 1.807) is 0 Å². The van der Waals surface area contributed by atoms with Crippen molar-refractivity contribution in [2.75, 3.05) is 12.5 Å². The van der Waals surface area contributed by atoms with Gasteiger partial charge in [-0.25, -0.2) is 0 Å². The van der Waals surface area contributed by atoms with Gasteiger partial charge in [0.05, 0.1) is 18.8 Å². The Hall–Kier alpha value is 0.210. The molecule has 3 heteroatoms. The highest BCUT2D eigenvalue weighted by Crippen LogP contribution is 2.20. The van der Waals surface area contributed by atoms with E-state index in [0.717, 1.165) is 19.3 Å². The van der Waals surface area contributed by atoms with Crippen molar-refractivity contribution < 1.29 is 9.84 Å². The first-order chi connectivity index (χ1) is 5.34. The Bertz CT molecular complexity index is 108. The van der Waals surface area contributed by atoms with Crippen LogP contribution in [0.1, 0.15) is 25.7 Å². The van der Waals surface area contributed by atoms with E-state index >= 15 is 0 Å². The van der Waals surface area contributed by atoms with Gasteiger partial charge in [0.15, 0.2) is 0 Å². The molecule has 0 aromatic carbocycles. The predicted molar refractivity (Wildman–Crippen MR) is 44.9 cm³/mol. The Balaban J connectivity index is 2.18. The average Bonchev–Trinajstić information content (AvgIpc) is 2.03. The fourth-order valence-corrected chi connectivity index (χ4v) is 1.56. The molecule has 1 fully saturated rings. The van der Waals surface area contributed by atoms with Gasteiger partial charge in [-0.05, 0) is 12.8 Å². The molecule has 0 saturated heterocycles. The molecule has 0 aromatic rings. The fourth-order valence-electron chi connectivity index (χ4n) is 1.47. The SMILES string of the molecule is OC1CCCCC1OCCCl. The molecule has 0 aliphatic heterocycles. The van der Waals surface area contributed by atoms with Crippen LogP contribution in [-0.4, -0.2) is 29.8 Å². The first-order valence-electron chi connectivity index (χ1n) is 4.20. The zero-order chi connectivity index (χ0) is 8.10. The summed E-state index contributed by atoms with van der Waals surface area (Å²) < 4.78 is 5.36. The largest absolute Gasteiger partial charge is 0.390 e. The molecule has 0 amide bonds. The maximum atomic E-state index is 9.43. The molecule has 0 heterocycles. The molecule has 1 N–H and O–H groups in total. The number of alkyl halides is 1. The molecule has 0 aromatic heterocycles. The summed E-state index contributed by atoms with van der Waals surface area (Å²) in [5.74, 6) is 0.517. The molecule has 0 radical (unpaired) electrons. The molecular formula is C8H15ClO2. The molecular weight excluding hydrogens is 164 g/mol. The second-order valence-corrected chi connectivity index (χ2v) is 3.33. The van der Waals surface area contributed by atoms with Crippen LogP contribution in [0.4, 0.5) is 0 Å². The zero-order valence-electron chi connectivity index (χ0n) is 6.63. The lowest BCUT2D eigenvalue weighted by atomic mass is 9.95. The van der Waals surface area contributed by atoms with Gasteiger partial charge in [0, 0.05) is 5.88 Å². The van der Waals surface area contributed by atoms with Gasteiger partial charge in [-0.15, -0.1) is 11.6 Å². The number of halogens is 1. The average molecular weight is 179 g/mol. The Labute approximate surface area is 72.5 Å². The summed E-state index contributed by atoms with van der Waals surface area (Å²) in [6.07, 6.45) is 3.95. The smallest absolute Gasteiger partial charge is 0.0834 e. The van der Waals surface area contributed by atoms with Crippen LogP contribution < -0.4 is 0 Å². The van der Waals surface area contributed by atoms with Gasteiger partial charge in [0.25, 0.3) is 0 Å². The monoisotopic (exact) mass is 178 g/mol. The van der Waals surface area contributed by atoms with Gasteiger partial charge < -0.3 is 9.84 Å². The topological polar surface area (TPSA) is 29.5 Å². The van der Waals surface area contributed by atoms with Crippen LogP contribution in [0.3, 0.4) is 0 Å². The zero-order valence-corrected chi connectivity index (χ0v) is 7.39. The summed E-state index contributed by atoms with van der Waals surface area (Å²) in [5, 5.41) is 9.43. The van der Waals surface area contributed by atoms with Crippen molar-refractivity contribution in [2.24, 2.45) is 0 Å². The maximum Gasteiger partial charge on any atom is 0.0834 e. The minimum atomic E-state index is -0.257. The highest BCUT2D eigenvalue weighted by molar-refractivity contribution is 6.17. The first kappa shape index (κ1) is 9.30. The van der Waals surface area contributed by atoms with Crippen molar-refractivity contribution >= 4 is 11.6 Å². The summed E-state index contributed by atoms with van der Waals surface area (Å²) in [6.45, 7) is 0.559. The number of rotatable bonds is 3. The van der Waals surface area contributed by atoms with E-state index < -0.39 is 0 Å². The predicted octanol–water partition coefficient (Wildman–Crippen LogP) is 1.55. The summed E-state index contributed by atoms with van der Waals surface area (Å²) >= 11 is 5.46. The molecule has 1 aliphatic rings. The number of aliphatic hydroxyl groups excluding tert-OH is 1. The van der Waals surface area contributed by atoms with Crippen LogP contribution >= 0.6 is 11.6 Å². The van der Waals surface area contributed by atoms with Crippen molar-refractivity contribution in [1.29, 1.82) is 0 Å². The molecule has 0 bridgehead atoms. The van der Waals surface area contributed by atoms with E-state index in [9.17, 15) is 5.11 Å². The van der Waals surface area contributed by atoms with Crippen LogP contribution in [0, 0.1) is 0 Å². The molecule has 2 nitrogen and oxygen atoms in total. The maximum absolute atomic E-state index is 9.43. The van der Waals surface area contributed by atoms with Crippen molar-refractivity contribution in [3.8, 4) is 0 Å². The summed E-state index contributed by atoms with van der Waals surface area (Å²) in [5.41, 5.74) is 0. The molecule has 0 spiro atoms. The molecule has 1 aliphatic carbocycles. The van der Waals surface area contributed by atoms with E-state index in [2.05, 4.69) is 0 Å². The summed E-state index contributed by atoms with van der Waals surface area (Å²) in [7, 11) is 0. The first-order valence-corrected chi connectivity index (χ1v) is 4.73. The van der Waals surface area contributed by atoms with Crippen LogP contribution in [0.5, 0.6) is 0 Å². The second-order valence-electron chi connectivity index (χ2n) is 2.95. The van der Waals surface area contributed by atoms with Gasteiger partial charge in [-0.2, -0.15) is 0 Å². The summed E-state index contributed by atoms with van der Waals surface area (Å²) in [6, 6.07) is 0. The minimum Gasteiger partial charge on any atom is -0.390 e. The Morgan fingerprint density at radius 3 is 2.73 bits per heavy atom. The Morgan fingerprint density at radius 2 is 2.09 bits per heavy atom.